The minimum atomic E-state index is 0.325. The summed E-state index contributed by atoms with van der Waals surface area (Å²) in [6.45, 7) is 5.73. The first kappa shape index (κ1) is 15.6. The Bertz CT molecular complexity index is 643. The van der Waals surface area contributed by atoms with E-state index in [2.05, 4.69) is 35.1 Å². The molecular formula is C18H24ClN3. The summed E-state index contributed by atoms with van der Waals surface area (Å²) in [5.74, 6) is 0. The number of pyridine rings is 1. The molecule has 1 saturated heterocycles. The maximum absolute atomic E-state index is 6.07. The molecule has 0 aliphatic carbocycles. The normalized spacial score (nSPS) is 21.0. The highest BCUT2D eigenvalue weighted by atomic mass is 35.5. The maximum Gasteiger partial charge on any atom is 0.0767 e. The Balaban J connectivity index is 1.83. The molecular weight excluding hydrogens is 294 g/mol. The predicted octanol–water partition coefficient (Wildman–Crippen LogP) is 4.91. The molecule has 118 valence electrons. The number of nitrogens with one attached hydrogen (secondary N) is 1. The fourth-order valence-electron chi connectivity index (χ4n) is 3.53. The molecule has 2 heterocycles. The summed E-state index contributed by atoms with van der Waals surface area (Å²) in [5, 5.41) is 5.54. The second kappa shape index (κ2) is 6.84. The van der Waals surface area contributed by atoms with Crippen LogP contribution in [0.15, 0.2) is 30.5 Å². The zero-order valence-corrected chi connectivity index (χ0v) is 14.1. The molecule has 3 nitrogen and oxygen atoms in total. The largest absolute Gasteiger partial charge is 0.369 e. The highest BCUT2D eigenvalue weighted by molar-refractivity contribution is 6.31. The number of likely N-dealkylation sites (tertiary alicyclic amines) is 1. The molecule has 1 aliphatic heterocycles. The molecule has 2 aromatic rings. The Labute approximate surface area is 137 Å². The van der Waals surface area contributed by atoms with E-state index < -0.39 is 0 Å². The molecule has 0 amide bonds. The van der Waals surface area contributed by atoms with Crippen LogP contribution in [0.3, 0.4) is 0 Å². The SMILES string of the molecule is CCC1CCCCN1C(C)Nc1ccnc2cc(Cl)ccc12. The third-order valence-corrected chi connectivity index (χ3v) is 4.95. The summed E-state index contributed by atoms with van der Waals surface area (Å²) in [6.07, 6.45) is 7.37. The van der Waals surface area contributed by atoms with Gasteiger partial charge in [-0.05, 0) is 50.5 Å². The van der Waals surface area contributed by atoms with Gasteiger partial charge >= 0.3 is 0 Å². The average Bonchev–Trinajstić information content (AvgIpc) is 2.54. The number of nitrogens with zero attached hydrogens (tertiary/aromatic N) is 2. The molecule has 1 aromatic heterocycles. The first-order valence-electron chi connectivity index (χ1n) is 8.25. The number of benzene rings is 1. The topological polar surface area (TPSA) is 28.2 Å². The van der Waals surface area contributed by atoms with Crippen molar-refractivity contribution in [3.63, 3.8) is 0 Å². The second-order valence-electron chi connectivity index (χ2n) is 6.14. The fourth-order valence-corrected chi connectivity index (χ4v) is 3.69. The van der Waals surface area contributed by atoms with Gasteiger partial charge in [0.05, 0.1) is 11.7 Å². The van der Waals surface area contributed by atoms with Crippen molar-refractivity contribution in [2.75, 3.05) is 11.9 Å². The Hall–Kier alpha value is -1.32. The molecule has 0 radical (unpaired) electrons. The zero-order chi connectivity index (χ0) is 15.5. The third kappa shape index (κ3) is 3.21. The standard InChI is InChI=1S/C18H24ClN3/c1-3-15-6-4-5-11-22(15)13(2)21-17-9-10-20-18-12-14(19)7-8-16(17)18/h7-10,12-13,15H,3-6,11H2,1-2H3,(H,20,21). The van der Waals surface area contributed by atoms with Crippen molar-refractivity contribution >= 4 is 28.2 Å². The van der Waals surface area contributed by atoms with Gasteiger partial charge < -0.3 is 5.32 Å². The zero-order valence-electron chi connectivity index (χ0n) is 13.3. The molecule has 2 atom stereocenters. The summed E-state index contributed by atoms with van der Waals surface area (Å²) in [7, 11) is 0. The number of anilines is 1. The lowest BCUT2D eigenvalue weighted by atomic mass is 9.99. The first-order chi connectivity index (χ1) is 10.7. The third-order valence-electron chi connectivity index (χ3n) is 4.71. The Morgan fingerprint density at radius 2 is 2.23 bits per heavy atom. The summed E-state index contributed by atoms with van der Waals surface area (Å²) in [6, 6.07) is 8.64. The van der Waals surface area contributed by atoms with E-state index in [0.717, 1.165) is 21.6 Å². The number of hydrogen-bond acceptors (Lipinski definition) is 3. The fraction of sp³-hybridized carbons (Fsp3) is 0.500. The summed E-state index contributed by atoms with van der Waals surface area (Å²) >= 11 is 6.07. The van der Waals surface area contributed by atoms with Crippen molar-refractivity contribution in [3.8, 4) is 0 Å². The minimum absolute atomic E-state index is 0.325. The Morgan fingerprint density at radius 1 is 1.36 bits per heavy atom. The van der Waals surface area contributed by atoms with E-state index in [0.29, 0.717) is 12.2 Å². The lowest BCUT2D eigenvalue weighted by molar-refractivity contribution is 0.113. The van der Waals surface area contributed by atoms with Crippen LogP contribution in [-0.4, -0.2) is 28.6 Å². The van der Waals surface area contributed by atoms with Gasteiger partial charge in [-0.1, -0.05) is 24.9 Å². The van der Waals surface area contributed by atoms with E-state index >= 15 is 0 Å². The average molecular weight is 318 g/mol. The van der Waals surface area contributed by atoms with Gasteiger partial charge in [-0.2, -0.15) is 0 Å². The monoisotopic (exact) mass is 317 g/mol. The van der Waals surface area contributed by atoms with Crippen LogP contribution >= 0.6 is 11.6 Å². The first-order valence-corrected chi connectivity index (χ1v) is 8.63. The van der Waals surface area contributed by atoms with Crippen LogP contribution in [0.1, 0.15) is 39.5 Å². The van der Waals surface area contributed by atoms with E-state index in [1.807, 2.05) is 24.4 Å². The number of piperidine rings is 1. The molecule has 0 bridgehead atoms. The van der Waals surface area contributed by atoms with Crippen LogP contribution in [0, 0.1) is 0 Å². The van der Waals surface area contributed by atoms with E-state index in [9.17, 15) is 0 Å². The van der Waals surface area contributed by atoms with Gasteiger partial charge in [-0.15, -0.1) is 0 Å². The van der Waals surface area contributed by atoms with E-state index in [-0.39, 0.29) is 0 Å². The van der Waals surface area contributed by atoms with Crippen molar-refractivity contribution in [3.05, 3.63) is 35.5 Å². The molecule has 3 rings (SSSR count). The molecule has 2 unspecified atom stereocenters. The van der Waals surface area contributed by atoms with Gasteiger partial charge in [0.25, 0.3) is 0 Å². The highest BCUT2D eigenvalue weighted by Gasteiger charge is 2.25. The van der Waals surface area contributed by atoms with E-state index in [1.54, 1.807) is 0 Å². The molecule has 0 saturated carbocycles. The highest BCUT2D eigenvalue weighted by Crippen LogP contribution is 2.27. The summed E-state index contributed by atoms with van der Waals surface area (Å²) < 4.78 is 0. The molecule has 1 fully saturated rings. The molecule has 1 aliphatic rings. The van der Waals surface area contributed by atoms with Gasteiger partial charge in [0, 0.05) is 34.9 Å². The van der Waals surface area contributed by atoms with Crippen molar-refractivity contribution < 1.29 is 0 Å². The molecule has 22 heavy (non-hydrogen) atoms. The van der Waals surface area contributed by atoms with Crippen LogP contribution in [0.2, 0.25) is 5.02 Å². The van der Waals surface area contributed by atoms with Crippen LogP contribution in [0.5, 0.6) is 0 Å². The lowest BCUT2D eigenvalue weighted by Crippen LogP contribution is -2.48. The summed E-state index contributed by atoms with van der Waals surface area (Å²) in [5.41, 5.74) is 2.07. The van der Waals surface area contributed by atoms with Crippen LogP contribution in [-0.2, 0) is 0 Å². The van der Waals surface area contributed by atoms with Crippen molar-refractivity contribution in [1.29, 1.82) is 0 Å². The quantitative estimate of drug-likeness (QED) is 0.868. The smallest absolute Gasteiger partial charge is 0.0767 e. The van der Waals surface area contributed by atoms with Crippen LogP contribution < -0.4 is 5.32 Å². The summed E-state index contributed by atoms with van der Waals surface area (Å²) in [4.78, 5) is 7.02. The maximum atomic E-state index is 6.07. The van der Waals surface area contributed by atoms with Gasteiger partial charge in [0.15, 0.2) is 0 Å². The number of aromatic nitrogens is 1. The molecule has 0 spiro atoms. The van der Waals surface area contributed by atoms with Crippen LogP contribution in [0.4, 0.5) is 5.69 Å². The van der Waals surface area contributed by atoms with Gasteiger partial charge in [-0.3, -0.25) is 9.88 Å². The Morgan fingerprint density at radius 3 is 3.05 bits per heavy atom. The Kier molecular flexibility index (Phi) is 4.84. The number of halogens is 1. The van der Waals surface area contributed by atoms with Crippen LogP contribution in [0.25, 0.3) is 10.9 Å². The minimum Gasteiger partial charge on any atom is -0.369 e. The molecule has 1 N–H and O–H groups in total. The van der Waals surface area contributed by atoms with Gasteiger partial charge in [0.2, 0.25) is 0 Å². The number of hydrogen-bond donors (Lipinski definition) is 1. The number of fused-ring (bicyclic) bond motifs is 1. The number of rotatable bonds is 4. The van der Waals surface area contributed by atoms with Crippen molar-refractivity contribution in [1.82, 2.24) is 9.88 Å². The van der Waals surface area contributed by atoms with E-state index in [4.69, 9.17) is 11.6 Å². The van der Waals surface area contributed by atoms with Gasteiger partial charge in [0.1, 0.15) is 0 Å². The van der Waals surface area contributed by atoms with Crippen molar-refractivity contribution in [2.24, 2.45) is 0 Å². The lowest BCUT2D eigenvalue weighted by Gasteiger charge is -2.40. The predicted molar refractivity (Wildman–Crippen MR) is 94.5 cm³/mol. The van der Waals surface area contributed by atoms with E-state index in [1.165, 1.54) is 32.2 Å². The van der Waals surface area contributed by atoms with Crippen molar-refractivity contribution in [2.45, 2.75) is 51.7 Å². The van der Waals surface area contributed by atoms with Gasteiger partial charge in [-0.25, -0.2) is 0 Å². The molecule has 1 aromatic carbocycles. The second-order valence-corrected chi connectivity index (χ2v) is 6.57. The molecule has 4 heteroatoms.